The first-order valence-electron chi connectivity index (χ1n) is 5.16. The summed E-state index contributed by atoms with van der Waals surface area (Å²) < 4.78 is 0.608. The van der Waals surface area contributed by atoms with Gasteiger partial charge in [0.2, 0.25) is 0 Å². The van der Waals surface area contributed by atoms with Crippen molar-refractivity contribution in [3.8, 4) is 0 Å². The molecule has 13 heavy (non-hydrogen) atoms. The Morgan fingerprint density at radius 1 is 1.38 bits per heavy atom. The summed E-state index contributed by atoms with van der Waals surface area (Å²) in [5.41, 5.74) is 0. The highest BCUT2D eigenvalue weighted by Crippen LogP contribution is 2.42. The Morgan fingerprint density at radius 3 is 2.62 bits per heavy atom. The van der Waals surface area contributed by atoms with Crippen LogP contribution in [0.5, 0.6) is 0 Å². The van der Waals surface area contributed by atoms with Crippen LogP contribution in [0.25, 0.3) is 0 Å². The lowest BCUT2D eigenvalue weighted by molar-refractivity contribution is 0.349. The van der Waals surface area contributed by atoms with E-state index in [1.165, 1.54) is 43.9 Å². The minimum Gasteiger partial charge on any atom is -0.315 e. The molecule has 0 atom stereocenters. The van der Waals surface area contributed by atoms with Gasteiger partial charge in [-0.05, 0) is 24.9 Å². The molecule has 3 heteroatoms. The number of hydrogen-bond acceptors (Lipinski definition) is 3. The lowest BCUT2D eigenvalue weighted by Gasteiger charge is -2.40. The van der Waals surface area contributed by atoms with E-state index in [2.05, 4.69) is 30.3 Å². The van der Waals surface area contributed by atoms with Crippen molar-refractivity contribution in [2.24, 2.45) is 0 Å². The molecule has 0 aliphatic heterocycles. The van der Waals surface area contributed by atoms with Crippen LogP contribution in [0.15, 0.2) is 0 Å². The van der Waals surface area contributed by atoms with E-state index in [-0.39, 0.29) is 0 Å². The fraction of sp³-hybridized carbons (Fsp3) is 1.00. The Kier molecular flexibility index (Phi) is 5.60. The maximum atomic E-state index is 3.57. The van der Waals surface area contributed by atoms with E-state index in [0.717, 1.165) is 0 Å². The number of thioether (sulfide) groups is 2. The van der Waals surface area contributed by atoms with Crippen molar-refractivity contribution in [3.63, 3.8) is 0 Å². The van der Waals surface area contributed by atoms with Gasteiger partial charge >= 0.3 is 0 Å². The van der Waals surface area contributed by atoms with E-state index in [0.29, 0.717) is 4.75 Å². The molecule has 0 spiro atoms. The zero-order valence-electron chi connectivity index (χ0n) is 8.77. The quantitative estimate of drug-likeness (QED) is 0.661. The average Bonchev–Trinajstić information content (AvgIpc) is 2.09. The van der Waals surface area contributed by atoms with Gasteiger partial charge in [0.15, 0.2) is 0 Å². The Balaban J connectivity index is 1.98. The van der Waals surface area contributed by atoms with E-state index in [1.54, 1.807) is 0 Å². The minimum atomic E-state index is 0.608. The van der Waals surface area contributed by atoms with Gasteiger partial charge < -0.3 is 5.32 Å². The second-order valence-corrected chi connectivity index (χ2v) is 6.28. The molecule has 0 aromatic heterocycles. The first kappa shape index (κ1) is 11.7. The molecule has 1 saturated carbocycles. The van der Waals surface area contributed by atoms with Gasteiger partial charge in [-0.1, -0.05) is 13.3 Å². The predicted octanol–water partition coefficient (Wildman–Crippen LogP) is 2.61. The third-order valence-corrected chi connectivity index (χ3v) is 5.09. The molecule has 1 aliphatic carbocycles. The summed E-state index contributed by atoms with van der Waals surface area (Å²) in [6.07, 6.45) is 6.53. The van der Waals surface area contributed by atoms with E-state index in [1.807, 2.05) is 11.8 Å². The molecular formula is C10H21NS2. The molecule has 1 aliphatic rings. The molecule has 1 fully saturated rings. The van der Waals surface area contributed by atoms with Crippen LogP contribution in [-0.2, 0) is 0 Å². The summed E-state index contributed by atoms with van der Waals surface area (Å²) >= 11 is 4.08. The second kappa shape index (κ2) is 6.20. The maximum Gasteiger partial charge on any atom is 0.0281 e. The second-order valence-electron chi connectivity index (χ2n) is 3.61. The third-order valence-electron chi connectivity index (χ3n) is 2.77. The van der Waals surface area contributed by atoms with Crippen molar-refractivity contribution in [1.29, 1.82) is 0 Å². The van der Waals surface area contributed by atoms with Crippen molar-refractivity contribution in [2.75, 3.05) is 30.9 Å². The number of rotatable bonds is 7. The molecule has 0 radical (unpaired) electrons. The topological polar surface area (TPSA) is 12.0 Å². The molecule has 0 unspecified atom stereocenters. The molecule has 0 heterocycles. The van der Waals surface area contributed by atoms with E-state index in [9.17, 15) is 0 Å². The van der Waals surface area contributed by atoms with E-state index in [4.69, 9.17) is 0 Å². The van der Waals surface area contributed by atoms with Gasteiger partial charge in [-0.3, -0.25) is 0 Å². The van der Waals surface area contributed by atoms with Gasteiger partial charge in [-0.2, -0.15) is 23.5 Å². The molecule has 1 nitrogen and oxygen atoms in total. The molecular weight excluding hydrogens is 198 g/mol. The van der Waals surface area contributed by atoms with Gasteiger partial charge in [0.1, 0.15) is 0 Å². The molecule has 0 aromatic rings. The molecule has 0 bridgehead atoms. The summed E-state index contributed by atoms with van der Waals surface area (Å²) in [6, 6.07) is 0. The summed E-state index contributed by atoms with van der Waals surface area (Å²) in [7, 11) is 0. The van der Waals surface area contributed by atoms with Crippen LogP contribution in [0.2, 0.25) is 0 Å². The van der Waals surface area contributed by atoms with Crippen LogP contribution in [0.3, 0.4) is 0 Å². The standard InChI is InChI=1S/C10H21NS2/c1-3-13-8-7-11-9-10(12-2)5-4-6-10/h11H,3-9H2,1-2H3. The number of hydrogen-bond donors (Lipinski definition) is 1. The van der Waals surface area contributed by atoms with E-state index < -0.39 is 0 Å². The van der Waals surface area contributed by atoms with Gasteiger partial charge in [-0.25, -0.2) is 0 Å². The van der Waals surface area contributed by atoms with Crippen molar-refractivity contribution in [3.05, 3.63) is 0 Å². The van der Waals surface area contributed by atoms with Gasteiger partial charge in [-0.15, -0.1) is 0 Å². The fourth-order valence-corrected chi connectivity index (χ4v) is 3.15. The Hall–Kier alpha value is 0.660. The Bertz CT molecular complexity index is 129. The van der Waals surface area contributed by atoms with Crippen LogP contribution < -0.4 is 5.32 Å². The van der Waals surface area contributed by atoms with Crippen molar-refractivity contribution in [1.82, 2.24) is 5.32 Å². The van der Waals surface area contributed by atoms with Gasteiger partial charge in [0.05, 0.1) is 0 Å². The average molecular weight is 219 g/mol. The minimum absolute atomic E-state index is 0.608. The normalized spacial score (nSPS) is 19.8. The third kappa shape index (κ3) is 3.72. The van der Waals surface area contributed by atoms with Crippen molar-refractivity contribution >= 4 is 23.5 Å². The van der Waals surface area contributed by atoms with Crippen LogP contribution in [0.4, 0.5) is 0 Å². The van der Waals surface area contributed by atoms with E-state index >= 15 is 0 Å². The zero-order valence-corrected chi connectivity index (χ0v) is 10.4. The smallest absolute Gasteiger partial charge is 0.0281 e. The SMILES string of the molecule is CCSCCNCC1(SC)CCC1. The Labute approximate surface area is 90.8 Å². The molecule has 0 amide bonds. The summed E-state index contributed by atoms with van der Waals surface area (Å²) in [5.74, 6) is 2.51. The first-order chi connectivity index (χ1) is 6.33. The monoisotopic (exact) mass is 219 g/mol. The summed E-state index contributed by atoms with van der Waals surface area (Å²) in [6.45, 7) is 4.62. The molecule has 78 valence electrons. The van der Waals surface area contributed by atoms with Crippen molar-refractivity contribution in [2.45, 2.75) is 30.9 Å². The van der Waals surface area contributed by atoms with Gasteiger partial charge in [0.25, 0.3) is 0 Å². The molecule has 1 rings (SSSR count). The molecule has 0 saturated heterocycles. The van der Waals surface area contributed by atoms with Crippen molar-refractivity contribution < 1.29 is 0 Å². The summed E-state index contributed by atoms with van der Waals surface area (Å²) in [5, 5.41) is 3.57. The highest BCUT2D eigenvalue weighted by Gasteiger charge is 2.35. The lowest BCUT2D eigenvalue weighted by Crippen LogP contribution is -2.43. The maximum absolute atomic E-state index is 3.57. The van der Waals surface area contributed by atoms with Crippen LogP contribution >= 0.6 is 23.5 Å². The van der Waals surface area contributed by atoms with Crippen LogP contribution in [0.1, 0.15) is 26.2 Å². The Morgan fingerprint density at radius 2 is 2.15 bits per heavy atom. The number of nitrogens with one attached hydrogen (secondary N) is 1. The fourth-order valence-electron chi connectivity index (χ4n) is 1.63. The molecule has 0 aromatic carbocycles. The van der Waals surface area contributed by atoms with Crippen LogP contribution in [-0.4, -0.2) is 35.6 Å². The zero-order chi connectivity index (χ0) is 9.57. The lowest BCUT2D eigenvalue weighted by atomic mass is 9.84. The van der Waals surface area contributed by atoms with Crippen LogP contribution in [0, 0.1) is 0 Å². The van der Waals surface area contributed by atoms with Gasteiger partial charge in [0, 0.05) is 23.6 Å². The largest absolute Gasteiger partial charge is 0.315 e. The predicted molar refractivity (Wildman–Crippen MR) is 66.0 cm³/mol. The highest BCUT2D eigenvalue weighted by atomic mass is 32.2. The first-order valence-corrected chi connectivity index (χ1v) is 7.54. The molecule has 1 N–H and O–H groups in total. The summed E-state index contributed by atoms with van der Waals surface area (Å²) in [4.78, 5) is 0. The highest BCUT2D eigenvalue weighted by molar-refractivity contribution is 8.00.